The first-order valence-electron chi connectivity index (χ1n) is 9.61. The number of hydrogen-bond acceptors (Lipinski definition) is 3. The van der Waals surface area contributed by atoms with Crippen LogP contribution < -0.4 is 10.9 Å². The van der Waals surface area contributed by atoms with Crippen LogP contribution in [0.25, 0.3) is 32.9 Å². The van der Waals surface area contributed by atoms with Gasteiger partial charge in [0.15, 0.2) is 0 Å². The Kier molecular flexibility index (Phi) is 4.37. The fourth-order valence-electron chi connectivity index (χ4n) is 3.56. The van der Waals surface area contributed by atoms with Gasteiger partial charge in [0.25, 0.3) is 5.91 Å². The number of anilines is 1. The lowest BCUT2D eigenvalue weighted by molar-refractivity contribution is 0.102. The van der Waals surface area contributed by atoms with Gasteiger partial charge >= 0.3 is 5.63 Å². The highest BCUT2D eigenvalue weighted by molar-refractivity contribution is 6.06. The molecule has 0 bridgehead atoms. The minimum atomic E-state index is -0.430. The summed E-state index contributed by atoms with van der Waals surface area (Å²) >= 11 is 0. The third-order valence-corrected chi connectivity index (χ3v) is 5.08. The number of carbonyl (C=O) groups is 1. The largest absolute Gasteiger partial charge is 0.422 e. The van der Waals surface area contributed by atoms with Crippen LogP contribution >= 0.6 is 0 Å². The van der Waals surface area contributed by atoms with E-state index < -0.39 is 5.63 Å². The number of fused-ring (bicyclic) bond motifs is 2. The van der Waals surface area contributed by atoms with Crippen molar-refractivity contribution in [1.29, 1.82) is 0 Å². The van der Waals surface area contributed by atoms with Gasteiger partial charge in [0.2, 0.25) is 0 Å². The minimum absolute atomic E-state index is 0.239. The summed E-state index contributed by atoms with van der Waals surface area (Å²) < 4.78 is 5.43. The molecule has 5 rings (SSSR count). The van der Waals surface area contributed by atoms with Crippen molar-refractivity contribution >= 4 is 33.3 Å². The molecule has 4 nitrogen and oxygen atoms in total. The van der Waals surface area contributed by atoms with Crippen LogP contribution in [-0.2, 0) is 0 Å². The van der Waals surface area contributed by atoms with Gasteiger partial charge in [-0.3, -0.25) is 4.79 Å². The quantitative estimate of drug-likeness (QED) is 0.392. The predicted octanol–water partition coefficient (Wildman–Crippen LogP) is 5.87. The van der Waals surface area contributed by atoms with Gasteiger partial charge in [0.05, 0.1) is 5.56 Å². The summed E-state index contributed by atoms with van der Waals surface area (Å²) in [7, 11) is 0. The van der Waals surface area contributed by atoms with Crippen molar-refractivity contribution in [3.05, 3.63) is 113 Å². The lowest BCUT2D eigenvalue weighted by Gasteiger charge is -2.08. The summed E-state index contributed by atoms with van der Waals surface area (Å²) in [4.78, 5) is 25.3. The molecule has 144 valence electrons. The first-order chi connectivity index (χ1) is 14.7. The van der Waals surface area contributed by atoms with E-state index in [0.717, 1.165) is 16.2 Å². The highest BCUT2D eigenvalue weighted by atomic mass is 16.4. The topological polar surface area (TPSA) is 59.3 Å². The summed E-state index contributed by atoms with van der Waals surface area (Å²) in [5.41, 5.74) is 2.36. The van der Waals surface area contributed by atoms with E-state index in [1.165, 1.54) is 0 Å². The lowest BCUT2D eigenvalue weighted by atomic mass is 10.0. The predicted molar refractivity (Wildman–Crippen MR) is 120 cm³/mol. The molecule has 0 saturated heterocycles. The zero-order valence-corrected chi connectivity index (χ0v) is 16.0. The molecule has 0 saturated carbocycles. The Balaban J connectivity index is 1.47. The van der Waals surface area contributed by atoms with E-state index >= 15 is 0 Å². The average Bonchev–Trinajstić information content (AvgIpc) is 2.78. The normalized spacial score (nSPS) is 10.9. The van der Waals surface area contributed by atoms with Crippen molar-refractivity contribution in [2.24, 2.45) is 0 Å². The molecule has 0 aliphatic carbocycles. The molecule has 1 N–H and O–H groups in total. The molecule has 4 aromatic carbocycles. The molecule has 0 fully saturated rings. The second-order valence-corrected chi connectivity index (χ2v) is 7.08. The van der Waals surface area contributed by atoms with Gasteiger partial charge in [-0.1, -0.05) is 60.7 Å². The van der Waals surface area contributed by atoms with Crippen molar-refractivity contribution in [2.75, 3.05) is 5.32 Å². The van der Waals surface area contributed by atoms with E-state index in [-0.39, 0.29) is 5.91 Å². The molecule has 5 aromatic rings. The molecule has 0 aliphatic rings. The number of carbonyl (C=O) groups excluding carboxylic acids is 1. The van der Waals surface area contributed by atoms with Gasteiger partial charge in [-0.25, -0.2) is 4.79 Å². The van der Waals surface area contributed by atoms with Crippen molar-refractivity contribution in [1.82, 2.24) is 0 Å². The molecule has 0 aliphatic heterocycles. The highest BCUT2D eigenvalue weighted by Gasteiger charge is 2.12. The minimum Gasteiger partial charge on any atom is -0.422 e. The van der Waals surface area contributed by atoms with Crippen molar-refractivity contribution in [2.45, 2.75) is 0 Å². The van der Waals surface area contributed by atoms with Crippen LogP contribution in [0.2, 0.25) is 0 Å². The second kappa shape index (κ2) is 7.33. The molecule has 0 radical (unpaired) electrons. The van der Waals surface area contributed by atoms with Crippen LogP contribution in [0.5, 0.6) is 0 Å². The summed E-state index contributed by atoms with van der Waals surface area (Å²) in [6.45, 7) is 0. The van der Waals surface area contributed by atoms with Crippen molar-refractivity contribution in [3.8, 4) is 11.1 Å². The molecule has 1 amide bonds. The molecule has 0 unspecified atom stereocenters. The van der Waals surface area contributed by atoms with Gasteiger partial charge in [-0.2, -0.15) is 0 Å². The first-order valence-corrected chi connectivity index (χ1v) is 9.61. The van der Waals surface area contributed by atoms with Crippen LogP contribution in [0, 0.1) is 0 Å². The fraction of sp³-hybridized carbons (Fsp3) is 0. The maximum absolute atomic E-state index is 12.8. The molecular formula is C26H17NO3. The van der Waals surface area contributed by atoms with E-state index in [4.69, 9.17) is 4.42 Å². The van der Waals surface area contributed by atoms with E-state index in [1.807, 2.05) is 60.7 Å². The van der Waals surface area contributed by atoms with Gasteiger partial charge in [-0.15, -0.1) is 0 Å². The third-order valence-electron chi connectivity index (χ3n) is 5.08. The zero-order valence-electron chi connectivity index (χ0n) is 16.0. The molecule has 30 heavy (non-hydrogen) atoms. The Morgan fingerprint density at radius 1 is 0.700 bits per heavy atom. The molecule has 4 heteroatoms. The van der Waals surface area contributed by atoms with Crippen molar-refractivity contribution < 1.29 is 9.21 Å². The number of rotatable bonds is 3. The van der Waals surface area contributed by atoms with Gasteiger partial charge in [0, 0.05) is 16.6 Å². The number of benzene rings is 4. The number of nitrogens with one attached hydrogen (secondary N) is 1. The van der Waals surface area contributed by atoms with Crippen LogP contribution in [0.4, 0.5) is 5.69 Å². The Labute approximate surface area is 172 Å². The Morgan fingerprint density at radius 3 is 2.33 bits per heavy atom. The van der Waals surface area contributed by atoms with Gasteiger partial charge in [-0.05, 0) is 52.7 Å². The molecule has 1 aromatic heterocycles. The SMILES string of the molecule is O=C(Nc1ccc2ccccc2c1)c1cccc(-c2cc3ccccc3oc2=O)c1. The van der Waals surface area contributed by atoms with E-state index in [2.05, 4.69) is 5.32 Å². The third kappa shape index (κ3) is 3.35. The van der Waals surface area contributed by atoms with E-state index in [9.17, 15) is 9.59 Å². The smallest absolute Gasteiger partial charge is 0.344 e. The van der Waals surface area contributed by atoms with Gasteiger partial charge in [0.1, 0.15) is 5.58 Å². The monoisotopic (exact) mass is 391 g/mol. The van der Waals surface area contributed by atoms with Crippen molar-refractivity contribution in [3.63, 3.8) is 0 Å². The summed E-state index contributed by atoms with van der Waals surface area (Å²) in [6.07, 6.45) is 0. The molecule has 0 spiro atoms. The highest BCUT2D eigenvalue weighted by Crippen LogP contribution is 2.23. The van der Waals surface area contributed by atoms with Crippen LogP contribution in [0.3, 0.4) is 0 Å². The Hall–Kier alpha value is -4.18. The first kappa shape index (κ1) is 17.9. The van der Waals surface area contributed by atoms with Gasteiger partial charge < -0.3 is 9.73 Å². The number of para-hydroxylation sites is 1. The maximum Gasteiger partial charge on any atom is 0.344 e. The fourth-order valence-corrected chi connectivity index (χ4v) is 3.56. The van der Waals surface area contributed by atoms with Crippen LogP contribution in [0.15, 0.2) is 106 Å². The zero-order chi connectivity index (χ0) is 20.5. The average molecular weight is 391 g/mol. The second-order valence-electron chi connectivity index (χ2n) is 7.08. The standard InChI is InChI=1S/C26H17NO3/c28-25(27-22-13-12-17-6-1-2-7-18(17)15-22)21-10-5-9-19(14-21)23-16-20-8-3-4-11-24(20)30-26(23)29/h1-16H,(H,27,28). The summed E-state index contributed by atoms with van der Waals surface area (Å²) in [5, 5.41) is 5.93. The number of amides is 1. The molecule has 0 atom stereocenters. The Morgan fingerprint density at radius 2 is 1.47 bits per heavy atom. The van der Waals surface area contributed by atoms with E-state index in [1.54, 1.807) is 36.4 Å². The van der Waals surface area contributed by atoms with E-state index in [0.29, 0.717) is 28.0 Å². The summed E-state index contributed by atoms with van der Waals surface area (Å²) in [6, 6.07) is 29.9. The molecular weight excluding hydrogens is 374 g/mol. The van der Waals surface area contributed by atoms with Crippen LogP contribution in [0.1, 0.15) is 10.4 Å². The van der Waals surface area contributed by atoms with Crippen LogP contribution in [-0.4, -0.2) is 5.91 Å². The Bertz CT molecular complexity index is 1470. The summed E-state index contributed by atoms with van der Waals surface area (Å²) in [5.74, 6) is -0.239. The molecule has 1 heterocycles. The lowest BCUT2D eigenvalue weighted by Crippen LogP contribution is -2.12. The number of hydrogen-bond donors (Lipinski definition) is 1. The maximum atomic E-state index is 12.8.